The third-order valence-electron chi connectivity index (χ3n) is 5.18. The number of unbranched alkanes of at least 4 members (excludes halogenated alkanes) is 1. The summed E-state index contributed by atoms with van der Waals surface area (Å²) in [4.78, 5) is 7.41. The highest BCUT2D eigenvalue weighted by molar-refractivity contribution is 5.79. The van der Waals surface area contributed by atoms with Gasteiger partial charge in [-0.15, -0.1) is 0 Å². The molecule has 2 rings (SSSR count). The number of nitrogens with one attached hydrogen (secondary N) is 2. The molecule has 1 aromatic rings. The van der Waals surface area contributed by atoms with Gasteiger partial charge in [-0.1, -0.05) is 43.7 Å². The summed E-state index contributed by atoms with van der Waals surface area (Å²) >= 11 is 0. The number of ether oxygens (including phenoxy) is 1. The van der Waals surface area contributed by atoms with E-state index in [1.807, 2.05) is 0 Å². The molecule has 5 nitrogen and oxygen atoms in total. The Morgan fingerprint density at radius 1 is 1.14 bits per heavy atom. The largest absolute Gasteiger partial charge is 0.381 e. The van der Waals surface area contributed by atoms with Crippen LogP contribution >= 0.6 is 0 Å². The van der Waals surface area contributed by atoms with Crippen molar-refractivity contribution in [1.82, 2.24) is 15.5 Å². The topological polar surface area (TPSA) is 48.9 Å². The normalized spacial score (nSPS) is 17.8. The highest BCUT2D eigenvalue weighted by atomic mass is 16.5. The lowest BCUT2D eigenvalue weighted by atomic mass is 10.1. The number of rotatable bonds is 13. The van der Waals surface area contributed by atoms with Gasteiger partial charge in [0.05, 0.1) is 0 Å². The molecule has 0 spiro atoms. The molecule has 1 fully saturated rings. The van der Waals surface area contributed by atoms with E-state index in [4.69, 9.17) is 9.73 Å². The molecule has 0 radical (unpaired) electrons. The van der Waals surface area contributed by atoms with Crippen LogP contribution in [0.4, 0.5) is 0 Å². The van der Waals surface area contributed by atoms with E-state index in [9.17, 15) is 0 Å². The van der Waals surface area contributed by atoms with Crippen LogP contribution in [-0.4, -0.2) is 63.3 Å². The minimum Gasteiger partial charge on any atom is -0.381 e. The van der Waals surface area contributed by atoms with Gasteiger partial charge in [0.15, 0.2) is 5.96 Å². The second-order valence-electron chi connectivity index (χ2n) is 7.66. The van der Waals surface area contributed by atoms with Crippen LogP contribution < -0.4 is 10.6 Å². The average molecular weight is 389 g/mol. The molecule has 1 atom stereocenters. The van der Waals surface area contributed by atoms with Crippen molar-refractivity contribution in [2.75, 3.05) is 52.5 Å². The lowest BCUT2D eigenvalue weighted by Gasteiger charge is -2.16. The van der Waals surface area contributed by atoms with Crippen molar-refractivity contribution in [3.63, 3.8) is 0 Å². The summed E-state index contributed by atoms with van der Waals surface area (Å²) in [6.07, 6.45) is 5.76. The first kappa shape index (κ1) is 22.7. The van der Waals surface area contributed by atoms with E-state index >= 15 is 0 Å². The molecule has 28 heavy (non-hydrogen) atoms. The Hall–Kier alpha value is -1.59. The molecular weight excluding hydrogens is 348 g/mol. The summed E-state index contributed by atoms with van der Waals surface area (Å²) in [5, 5.41) is 6.80. The van der Waals surface area contributed by atoms with Gasteiger partial charge in [0, 0.05) is 45.9 Å². The molecule has 0 aliphatic carbocycles. The fourth-order valence-corrected chi connectivity index (χ4v) is 3.49. The maximum atomic E-state index is 5.62. The van der Waals surface area contributed by atoms with Crippen LogP contribution in [0.2, 0.25) is 0 Å². The van der Waals surface area contributed by atoms with Crippen molar-refractivity contribution in [3.05, 3.63) is 35.9 Å². The molecule has 158 valence electrons. The summed E-state index contributed by atoms with van der Waals surface area (Å²) in [7, 11) is 0. The molecule has 5 heteroatoms. The van der Waals surface area contributed by atoms with E-state index in [2.05, 4.69) is 59.7 Å². The van der Waals surface area contributed by atoms with Gasteiger partial charge in [-0.3, -0.25) is 4.99 Å². The van der Waals surface area contributed by atoms with E-state index in [0.29, 0.717) is 5.92 Å². The third-order valence-corrected chi connectivity index (χ3v) is 5.18. The molecular formula is C23H40N4O. The van der Waals surface area contributed by atoms with Gasteiger partial charge in [-0.2, -0.15) is 0 Å². The van der Waals surface area contributed by atoms with Gasteiger partial charge in [0.25, 0.3) is 0 Å². The third kappa shape index (κ3) is 9.56. The van der Waals surface area contributed by atoms with Gasteiger partial charge in [0.1, 0.15) is 0 Å². The highest BCUT2D eigenvalue weighted by Gasteiger charge is 2.21. The van der Waals surface area contributed by atoms with Gasteiger partial charge in [0.2, 0.25) is 0 Å². The van der Waals surface area contributed by atoms with Crippen molar-refractivity contribution in [1.29, 1.82) is 0 Å². The standard InChI is InChI=1S/C23H40N4O/c1-3-5-17-28-18-9-14-25-23(24-4-2)26-19-22-13-16-27(20-22)15-12-21-10-7-6-8-11-21/h6-8,10-11,22H,3-5,9,12-20H2,1-2H3,(H2,24,25,26). The molecule has 1 heterocycles. The zero-order valence-electron chi connectivity index (χ0n) is 18.0. The number of nitrogens with zero attached hydrogens (tertiary/aromatic N) is 2. The molecule has 2 N–H and O–H groups in total. The van der Waals surface area contributed by atoms with Crippen LogP contribution in [0.15, 0.2) is 35.3 Å². The Labute approximate surface area is 171 Å². The van der Waals surface area contributed by atoms with Crippen LogP contribution in [0.5, 0.6) is 0 Å². The van der Waals surface area contributed by atoms with Crippen LogP contribution in [-0.2, 0) is 11.2 Å². The Kier molecular flexibility index (Phi) is 11.7. The molecule has 0 amide bonds. The summed E-state index contributed by atoms with van der Waals surface area (Å²) in [6.45, 7) is 12.2. The molecule has 1 aliphatic rings. The summed E-state index contributed by atoms with van der Waals surface area (Å²) in [5.41, 5.74) is 1.43. The molecule has 0 aromatic heterocycles. The fraction of sp³-hybridized carbons (Fsp3) is 0.696. The first-order valence-corrected chi connectivity index (χ1v) is 11.2. The molecule has 1 unspecified atom stereocenters. The van der Waals surface area contributed by atoms with E-state index in [-0.39, 0.29) is 0 Å². The minimum atomic E-state index is 0.670. The van der Waals surface area contributed by atoms with E-state index < -0.39 is 0 Å². The van der Waals surface area contributed by atoms with Crippen molar-refractivity contribution < 1.29 is 4.74 Å². The number of likely N-dealkylation sites (tertiary alicyclic amines) is 1. The maximum absolute atomic E-state index is 5.62. The van der Waals surface area contributed by atoms with Crippen molar-refractivity contribution >= 4 is 5.96 Å². The molecule has 0 saturated carbocycles. The van der Waals surface area contributed by atoms with Crippen LogP contribution in [0.3, 0.4) is 0 Å². The predicted molar refractivity (Wildman–Crippen MR) is 119 cm³/mol. The number of aliphatic imine (C=N–C) groups is 1. The monoisotopic (exact) mass is 388 g/mol. The van der Waals surface area contributed by atoms with Gasteiger partial charge >= 0.3 is 0 Å². The van der Waals surface area contributed by atoms with E-state index in [0.717, 1.165) is 64.6 Å². The maximum Gasteiger partial charge on any atom is 0.191 e. The fourth-order valence-electron chi connectivity index (χ4n) is 3.49. The summed E-state index contributed by atoms with van der Waals surface area (Å²) < 4.78 is 5.62. The number of hydrogen-bond donors (Lipinski definition) is 2. The molecule has 1 saturated heterocycles. The van der Waals surface area contributed by atoms with Crippen LogP contribution in [0.25, 0.3) is 0 Å². The van der Waals surface area contributed by atoms with Crippen LogP contribution in [0.1, 0.15) is 45.1 Å². The minimum absolute atomic E-state index is 0.670. The van der Waals surface area contributed by atoms with Crippen molar-refractivity contribution in [2.45, 2.75) is 46.0 Å². The van der Waals surface area contributed by atoms with Gasteiger partial charge in [-0.25, -0.2) is 0 Å². The van der Waals surface area contributed by atoms with Crippen molar-refractivity contribution in [2.24, 2.45) is 10.9 Å². The van der Waals surface area contributed by atoms with Gasteiger partial charge < -0.3 is 20.3 Å². The smallest absolute Gasteiger partial charge is 0.191 e. The quantitative estimate of drug-likeness (QED) is 0.309. The highest BCUT2D eigenvalue weighted by Crippen LogP contribution is 2.17. The lowest BCUT2D eigenvalue weighted by Crippen LogP contribution is -2.38. The summed E-state index contributed by atoms with van der Waals surface area (Å²) in [6, 6.07) is 10.8. The van der Waals surface area contributed by atoms with E-state index in [1.165, 1.54) is 31.5 Å². The molecule has 1 aromatic carbocycles. The summed E-state index contributed by atoms with van der Waals surface area (Å²) in [5.74, 6) is 1.61. The lowest BCUT2D eigenvalue weighted by molar-refractivity contribution is 0.129. The second kappa shape index (κ2) is 14.4. The van der Waals surface area contributed by atoms with Crippen LogP contribution in [0, 0.1) is 5.92 Å². The Balaban J connectivity index is 1.62. The van der Waals surface area contributed by atoms with E-state index in [1.54, 1.807) is 0 Å². The Morgan fingerprint density at radius 3 is 2.75 bits per heavy atom. The molecule has 0 bridgehead atoms. The van der Waals surface area contributed by atoms with Gasteiger partial charge in [-0.05, 0) is 50.6 Å². The number of benzene rings is 1. The molecule has 1 aliphatic heterocycles. The number of guanidine groups is 1. The van der Waals surface area contributed by atoms with Crippen molar-refractivity contribution in [3.8, 4) is 0 Å². The Morgan fingerprint density at radius 2 is 1.96 bits per heavy atom. The number of hydrogen-bond acceptors (Lipinski definition) is 3. The average Bonchev–Trinajstić information content (AvgIpc) is 3.18. The SMILES string of the molecule is CCCCOCCCNC(=NCC1CCN(CCc2ccccc2)C1)NCC. The second-order valence-corrected chi connectivity index (χ2v) is 7.66. The zero-order chi connectivity index (χ0) is 19.9. The predicted octanol–water partition coefficient (Wildman–Crippen LogP) is 3.31. The first-order chi connectivity index (χ1) is 13.8. The zero-order valence-corrected chi connectivity index (χ0v) is 18.0. The Bertz CT molecular complexity index is 535. The first-order valence-electron chi connectivity index (χ1n) is 11.2.